The maximum Gasteiger partial charge on any atom is 0.146 e. The van der Waals surface area contributed by atoms with Crippen molar-refractivity contribution >= 4 is 15.9 Å². The maximum atomic E-state index is 14.3. The van der Waals surface area contributed by atoms with Gasteiger partial charge in [0.15, 0.2) is 0 Å². The fourth-order valence-corrected chi connectivity index (χ4v) is 3.42. The maximum absolute atomic E-state index is 14.3. The zero-order valence-corrected chi connectivity index (χ0v) is 16.6. The third-order valence-electron chi connectivity index (χ3n) is 4.92. The number of halogens is 2. The first-order valence-electron chi connectivity index (χ1n) is 8.85. The van der Waals surface area contributed by atoms with Crippen LogP contribution in [0.1, 0.15) is 37.1 Å². The van der Waals surface area contributed by atoms with Crippen molar-refractivity contribution in [3.8, 4) is 5.75 Å². The summed E-state index contributed by atoms with van der Waals surface area (Å²) >= 11 is 3.32. The number of benzene rings is 1. The van der Waals surface area contributed by atoms with E-state index >= 15 is 0 Å². The number of rotatable bonds is 8. The molecule has 0 bridgehead atoms. The number of pyridine rings is 1. The lowest BCUT2D eigenvalue weighted by atomic mass is 10.1. The molecule has 1 heterocycles. The van der Waals surface area contributed by atoms with Crippen LogP contribution in [0.4, 0.5) is 4.39 Å². The Morgan fingerprint density at radius 2 is 1.96 bits per heavy atom. The summed E-state index contributed by atoms with van der Waals surface area (Å²) in [6.45, 7) is 3.02. The van der Waals surface area contributed by atoms with Gasteiger partial charge in [-0.25, -0.2) is 9.37 Å². The topological polar surface area (TPSA) is 45.6 Å². The third kappa shape index (κ3) is 4.81. The number of hydrogen-bond donors (Lipinski definition) is 1. The predicted molar refractivity (Wildman–Crippen MR) is 102 cm³/mol. The van der Waals surface area contributed by atoms with Crippen LogP contribution in [0, 0.1) is 11.7 Å². The van der Waals surface area contributed by atoms with Gasteiger partial charge in [-0.3, -0.25) is 4.90 Å². The second kappa shape index (κ2) is 8.46. The van der Waals surface area contributed by atoms with Crippen LogP contribution in [0.5, 0.6) is 5.75 Å². The Morgan fingerprint density at radius 1 is 1.27 bits per heavy atom. The zero-order valence-electron chi connectivity index (χ0n) is 15.0. The van der Waals surface area contributed by atoms with Gasteiger partial charge in [0, 0.05) is 13.1 Å². The average molecular weight is 423 g/mol. The average Bonchev–Trinajstić information content (AvgIpc) is 3.48. The van der Waals surface area contributed by atoms with Crippen molar-refractivity contribution in [2.75, 3.05) is 13.7 Å². The molecule has 0 saturated heterocycles. The Kier molecular flexibility index (Phi) is 6.27. The molecule has 0 aliphatic heterocycles. The van der Waals surface area contributed by atoms with Gasteiger partial charge in [0.1, 0.15) is 16.2 Å². The van der Waals surface area contributed by atoms with Gasteiger partial charge in [-0.2, -0.15) is 0 Å². The van der Waals surface area contributed by atoms with Crippen LogP contribution in [0.2, 0.25) is 0 Å². The van der Waals surface area contributed by atoms with Crippen molar-refractivity contribution in [3.05, 3.63) is 58.1 Å². The summed E-state index contributed by atoms with van der Waals surface area (Å²) in [4.78, 5) is 6.41. The Morgan fingerprint density at radius 3 is 2.58 bits per heavy atom. The minimum Gasteiger partial charge on any atom is -0.497 e. The summed E-state index contributed by atoms with van der Waals surface area (Å²) in [5, 5.41) is 10.5. The van der Waals surface area contributed by atoms with E-state index in [2.05, 4.69) is 25.8 Å². The van der Waals surface area contributed by atoms with E-state index < -0.39 is 6.10 Å². The van der Waals surface area contributed by atoms with Crippen molar-refractivity contribution in [2.24, 2.45) is 5.92 Å². The number of ether oxygens (including phenoxy) is 1. The largest absolute Gasteiger partial charge is 0.497 e. The fourth-order valence-electron chi connectivity index (χ4n) is 3.09. The van der Waals surface area contributed by atoms with Crippen molar-refractivity contribution in [2.45, 2.75) is 38.5 Å². The van der Waals surface area contributed by atoms with Crippen LogP contribution in [-0.4, -0.2) is 34.7 Å². The molecule has 1 aromatic carbocycles. The molecular formula is C20H24BrFN2O2. The molecule has 140 valence electrons. The lowest BCUT2D eigenvalue weighted by molar-refractivity contribution is 0.0697. The first-order chi connectivity index (χ1) is 12.5. The van der Waals surface area contributed by atoms with Gasteiger partial charge in [0.2, 0.25) is 0 Å². The monoisotopic (exact) mass is 422 g/mol. The van der Waals surface area contributed by atoms with Crippen molar-refractivity contribution < 1.29 is 14.2 Å². The second-order valence-corrected chi connectivity index (χ2v) is 7.67. The number of aliphatic hydroxyl groups is 1. The van der Waals surface area contributed by atoms with E-state index in [1.807, 2.05) is 31.2 Å². The van der Waals surface area contributed by atoms with Crippen LogP contribution in [0.25, 0.3) is 0 Å². The Bertz CT molecular complexity index is 737. The summed E-state index contributed by atoms with van der Waals surface area (Å²) in [7, 11) is 1.64. The van der Waals surface area contributed by atoms with E-state index in [4.69, 9.17) is 4.74 Å². The molecule has 4 nitrogen and oxygen atoms in total. The van der Waals surface area contributed by atoms with Gasteiger partial charge >= 0.3 is 0 Å². The van der Waals surface area contributed by atoms with E-state index in [-0.39, 0.29) is 11.9 Å². The van der Waals surface area contributed by atoms with E-state index in [1.165, 1.54) is 6.07 Å². The quantitative estimate of drug-likeness (QED) is 0.643. The Balaban J connectivity index is 1.82. The van der Waals surface area contributed by atoms with Crippen LogP contribution < -0.4 is 4.74 Å². The van der Waals surface area contributed by atoms with Crippen molar-refractivity contribution in [1.29, 1.82) is 0 Å². The van der Waals surface area contributed by atoms with E-state index in [0.29, 0.717) is 29.3 Å². The first-order valence-corrected chi connectivity index (χ1v) is 9.64. The van der Waals surface area contributed by atoms with Gasteiger partial charge in [0.05, 0.1) is 24.9 Å². The summed E-state index contributed by atoms with van der Waals surface area (Å²) in [5.41, 5.74) is 1.46. The minimum atomic E-state index is -0.397. The Labute approximate surface area is 162 Å². The predicted octanol–water partition coefficient (Wildman–Crippen LogP) is 4.33. The zero-order chi connectivity index (χ0) is 18.7. The summed E-state index contributed by atoms with van der Waals surface area (Å²) in [6.07, 6.45) is 1.73. The normalized spacial score (nSPS) is 16.5. The molecule has 1 aromatic heterocycles. The van der Waals surface area contributed by atoms with Crippen LogP contribution >= 0.6 is 15.9 Å². The van der Waals surface area contributed by atoms with Gasteiger partial charge in [0.25, 0.3) is 0 Å². The van der Waals surface area contributed by atoms with Gasteiger partial charge < -0.3 is 9.84 Å². The molecule has 1 aliphatic rings. The van der Waals surface area contributed by atoms with E-state index in [9.17, 15) is 9.50 Å². The third-order valence-corrected chi connectivity index (χ3v) is 5.36. The summed E-state index contributed by atoms with van der Waals surface area (Å²) in [5.74, 6) is 0.827. The number of aliphatic hydroxyl groups excluding tert-OH is 1. The van der Waals surface area contributed by atoms with Crippen LogP contribution in [0.15, 0.2) is 41.0 Å². The molecule has 1 unspecified atom stereocenters. The molecule has 3 rings (SSSR count). The molecule has 1 fully saturated rings. The highest BCUT2D eigenvalue weighted by Crippen LogP contribution is 2.34. The Hall–Kier alpha value is -1.50. The molecule has 1 aliphatic carbocycles. The highest BCUT2D eigenvalue weighted by atomic mass is 79.9. The highest BCUT2D eigenvalue weighted by Gasteiger charge is 2.32. The number of nitrogens with zero attached hydrogens (tertiary/aromatic N) is 2. The molecule has 2 aromatic rings. The first kappa shape index (κ1) is 19.3. The van der Waals surface area contributed by atoms with Gasteiger partial charge in [-0.1, -0.05) is 12.1 Å². The number of aromatic nitrogens is 1. The molecule has 1 saturated carbocycles. The smallest absolute Gasteiger partial charge is 0.146 e. The summed E-state index contributed by atoms with van der Waals surface area (Å²) < 4.78 is 20.1. The molecule has 26 heavy (non-hydrogen) atoms. The molecule has 6 heteroatoms. The molecule has 0 spiro atoms. The lowest BCUT2D eigenvalue weighted by Crippen LogP contribution is -2.36. The van der Waals surface area contributed by atoms with Gasteiger partial charge in [-0.15, -0.1) is 0 Å². The fraction of sp³-hybridized carbons (Fsp3) is 0.450. The number of hydrogen-bond acceptors (Lipinski definition) is 4. The highest BCUT2D eigenvalue weighted by molar-refractivity contribution is 9.10. The van der Waals surface area contributed by atoms with Crippen molar-refractivity contribution in [1.82, 2.24) is 9.88 Å². The lowest BCUT2D eigenvalue weighted by Gasteiger charge is -2.31. The number of methoxy groups -OCH3 is 1. The van der Waals surface area contributed by atoms with Crippen molar-refractivity contribution in [3.63, 3.8) is 0 Å². The SMILES string of the molecule is COc1ccc(CN(C[C@H](O)C2CC2)C(C)c2nc(Br)ccc2F)cc1. The molecule has 2 atom stereocenters. The molecule has 0 radical (unpaired) electrons. The van der Waals surface area contributed by atoms with Gasteiger partial charge in [-0.05, 0) is 71.4 Å². The summed E-state index contributed by atoms with van der Waals surface area (Å²) in [6, 6.07) is 10.6. The van der Waals surface area contributed by atoms with E-state index in [0.717, 1.165) is 24.2 Å². The van der Waals surface area contributed by atoms with Crippen LogP contribution in [-0.2, 0) is 6.54 Å². The molecule has 0 amide bonds. The second-order valence-electron chi connectivity index (χ2n) is 6.86. The molecular weight excluding hydrogens is 399 g/mol. The minimum absolute atomic E-state index is 0.261. The molecule has 1 N–H and O–H groups in total. The van der Waals surface area contributed by atoms with Crippen LogP contribution in [0.3, 0.4) is 0 Å². The standard InChI is InChI=1S/C20H24BrFN2O2/c1-13(20-17(22)9-10-19(21)23-20)24(12-18(25)15-5-6-15)11-14-3-7-16(26-2)8-4-14/h3-4,7-10,13,15,18,25H,5-6,11-12H2,1-2H3/t13?,18-/m0/s1. The van der Waals surface area contributed by atoms with E-state index in [1.54, 1.807) is 13.2 Å².